The second-order valence-corrected chi connectivity index (χ2v) is 8.04. The molecule has 0 aliphatic carbocycles. The molecule has 166 valence electrons. The summed E-state index contributed by atoms with van der Waals surface area (Å²) < 4.78 is 25.5. The number of hydrogen-bond acceptors (Lipinski definition) is 3. The summed E-state index contributed by atoms with van der Waals surface area (Å²) in [5.74, 6) is 1.03. The molecule has 4 rings (SSSR count). The second kappa shape index (κ2) is 9.86. The fourth-order valence-corrected chi connectivity index (χ4v) is 4.21. The van der Waals surface area contributed by atoms with Crippen molar-refractivity contribution >= 4 is 11.6 Å². The van der Waals surface area contributed by atoms with Crippen molar-refractivity contribution in [3.05, 3.63) is 88.7 Å². The van der Waals surface area contributed by atoms with Crippen LogP contribution in [0.5, 0.6) is 11.5 Å². The highest BCUT2D eigenvalue weighted by molar-refractivity contribution is 5.97. The number of nitrogens with zero attached hydrogens (tertiary/aromatic N) is 1. The third-order valence-corrected chi connectivity index (χ3v) is 5.81. The SMILES string of the molecule is CCCc1ccc(OCc2cccc3c2N(C(=O)Cc2cccc(OC)c2)CC3)cc1F. The molecule has 1 aliphatic rings. The van der Waals surface area contributed by atoms with Gasteiger partial charge in [0.1, 0.15) is 23.9 Å². The Balaban J connectivity index is 1.50. The number of para-hydroxylation sites is 1. The molecule has 1 heterocycles. The first-order valence-corrected chi connectivity index (χ1v) is 11.0. The number of ether oxygens (including phenoxy) is 2. The topological polar surface area (TPSA) is 38.8 Å². The van der Waals surface area contributed by atoms with Crippen LogP contribution < -0.4 is 14.4 Å². The van der Waals surface area contributed by atoms with E-state index in [2.05, 4.69) is 6.07 Å². The smallest absolute Gasteiger partial charge is 0.231 e. The molecule has 0 unspecified atom stereocenters. The van der Waals surface area contributed by atoms with Gasteiger partial charge in [-0.05, 0) is 47.7 Å². The van der Waals surface area contributed by atoms with Crippen LogP contribution in [-0.4, -0.2) is 19.6 Å². The van der Waals surface area contributed by atoms with Gasteiger partial charge >= 0.3 is 0 Å². The molecule has 32 heavy (non-hydrogen) atoms. The zero-order valence-electron chi connectivity index (χ0n) is 18.6. The number of carbonyl (C=O) groups excluding carboxylic acids is 1. The molecule has 3 aromatic rings. The minimum Gasteiger partial charge on any atom is -0.497 e. The number of anilines is 1. The summed E-state index contributed by atoms with van der Waals surface area (Å²) in [5, 5.41) is 0. The number of carbonyl (C=O) groups is 1. The average Bonchev–Trinajstić information content (AvgIpc) is 3.24. The molecule has 0 spiro atoms. The van der Waals surface area contributed by atoms with Crippen molar-refractivity contribution in [1.82, 2.24) is 0 Å². The Kier molecular flexibility index (Phi) is 6.74. The molecule has 0 saturated carbocycles. The number of amides is 1. The number of aryl methyl sites for hydroxylation is 1. The summed E-state index contributed by atoms with van der Waals surface area (Å²) in [7, 11) is 1.62. The van der Waals surface area contributed by atoms with Gasteiger partial charge in [0, 0.05) is 18.2 Å². The van der Waals surface area contributed by atoms with Crippen molar-refractivity contribution in [2.75, 3.05) is 18.6 Å². The van der Waals surface area contributed by atoms with Crippen LogP contribution in [-0.2, 0) is 30.7 Å². The molecule has 0 bridgehead atoms. The van der Waals surface area contributed by atoms with Gasteiger partial charge in [0.25, 0.3) is 0 Å². The van der Waals surface area contributed by atoms with Crippen molar-refractivity contribution in [2.45, 2.75) is 39.2 Å². The molecule has 5 heteroatoms. The predicted octanol–water partition coefficient (Wildman–Crippen LogP) is 5.50. The Labute approximate surface area is 188 Å². The molecule has 4 nitrogen and oxygen atoms in total. The lowest BCUT2D eigenvalue weighted by molar-refractivity contribution is -0.117. The van der Waals surface area contributed by atoms with E-state index in [-0.39, 0.29) is 18.3 Å². The van der Waals surface area contributed by atoms with Crippen LogP contribution >= 0.6 is 0 Å². The van der Waals surface area contributed by atoms with E-state index in [0.717, 1.165) is 41.0 Å². The van der Waals surface area contributed by atoms with Gasteiger partial charge in [0.2, 0.25) is 5.91 Å². The van der Waals surface area contributed by atoms with Gasteiger partial charge in [-0.15, -0.1) is 0 Å². The van der Waals surface area contributed by atoms with Crippen LogP contribution in [0, 0.1) is 5.82 Å². The predicted molar refractivity (Wildman–Crippen MR) is 124 cm³/mol. The van der Waals surface area contributed by atoms with Gasteiger partial charge in [-0.25, -0.2) is 4.39 Å². The number of rotatable bonds is 8. The van der Waals surface area contributed by atoms with Gasteiger partial charge in [-0.2, -0.15) is 0 Å². The molecule has 3 aromatic carbocycles. The van der Waals surface area contributed by atoms with Gasteiger partial charge in [-0.1, -0.05) is 49.7 Å². The summed E-state index contributed by atoms with van der Waals surface area (Å²) in [5.41, 5.74) is 4.60. The third-order valence-electron chi connectivity index (χ3n) is 5.81. The molecule has 0 fully saturated rings. The van der Waals surface area contributed by atoms with E-state index in [1.54, 1.807) is 13.2 Å². The number of benzene rings is 3. The number of methoxy groups -OCH3 is 1. The first kappa shape index (κ1) is 21.9. The quantitative estimate of drug-likeness (QED) is 0.471. The van der Waals surface area contributed by atoms with Crippen molar-refractivity contribution in [2.24, 2.45) is 0 Å². The Morgan fingerprint density at radius 3 is 2.66 bits per heavy atom. The van der Waals surface area contributed by atoms with Gasteiger partial charge < -0.3 is 14.4 Å². The zero-order valence-corrected chi connectivity index (χ0v) is 18.6. The Hall–Kier alpha value is -3.34. The van der Waals surface area contributed by atoms with Crippen molar-refractivity contribution in [3.8, 4) is 11.5 Å². The lowest BCUT2D eigenvalue weighted by Crippen LogP contribution is -2.31. The highest BCUT2D eigenvalue weighted by atomic mass is 19.1. The monoisotopic (exact) mass is 433 g/mol. The van der Waals surface area contributed by atoms with Crippen LogP contribution in [0.3, 0.4) is 0 Å². The molecule has 1 amide bonds. The molecule has 0 N–H and O–H groups in total. The molecule has 0 saturated heterocycles. The Morgan fingerprint density at radius 1 is 1.03 bits per heavy atom. The van der Waals surface area contributed by atoms with Crippen LogP contribution in [0.15, 0.2) is 60.7 Å². The van der Waals surface area contributed by atoms with Gasteiger partial charge in [0.05, 0.1) is 19.2 Å². The summed E-state index contributed by atoms with van der Waals surface area (Å²) >= 11 is 0. The molecular weight excluding hydrogens is 405 g/mol. The van der Waals surface area contributed by atoms with Crippen LogP contribution in [0.25, 0.3) is 0 Å². The summed E-state index contributed by atoms with van der Waals surface area (Å²) in [4.78, 5) is 15.0. The van der Waals surface area contributed by atoms with E-state index in [4.69, 9.17) is 9.47 Å². The van der Waals surface area contributed by atoms with Crippen LogP contribution in [0.4, 0.5) is 10.1 Å². The summed E-state index contributed by atoms with van der Waals surface area (Å²) in [6.45, 7) is 2.95. The van der Waals surface area contributed by atoms with Crippen molar-refractivity contribution in [1.29, 1.82) is 0 Å². The lowest BCUT2D eigenvalue weighted by Gasteiger charge is -2.21. The highest BCUT2D eigenvalue weighted by Crippen LogP contribution is 2.33. The summed E-state index contributed by atoms with van der Waals surface area (Å²) in [6.07, 6.45) is 2.72. The van der Waals surface area contributed by atoms with Crippen LogP contribution in [0.2, 0.25) is 0 Å². The molecule has 0 aromatic heterocycles. The molecule has 0 atom stereocenters. The standard InChI is InChI=1S/C27H28FNO3/c1-3-6-20-11-12-24(17-25(20)28)32-18-22-9-5-8-21-13-14-29(27(21)22)26(30)16-19-7-4-10-23(15-19)31-2/h4-5,7-12,15,17H,3,6,13-14,16,18H2,1-2H3. The fraction of sp³-hybridized carbons (Fsp3) is 0.296. The second-order valence-electron chi connectivity index (χ2n) is 8.04. The number of fused-ring (bicyclic) bond motifs is 1. The largest absolute Gasteiger partial charge is 0.497 e. The fourth-order valence-electron chi connectivity index (χ4n) is 4.21. The first-order valence-electron chi connectivity index (χ1n) is 11.0. The number of halogens is 1. The first-order chi connectivity index (χ1) is 15.6. The normalized spacial score (nSPS) is 12.5. The maximum atomic E-state index is 14.3. The maximum Gasteiger partial charge on any atom is 0.231 e. The Morgan fingerprint density at radius 2 is 1.88 bits per heavy atom. The average molecular weight is 434 g/mol. The van der Waals surface area contributed by atoms with E-state index in [0.29, 0.717) is 30.7 Å². The highest BCUT2D eigenvalue weighted by Gasteiger charge is 2.27. The number of hydrogen-bond donors (Lipinski definition) is 0. The molecule has 1 aliphatic heterocycles. The van der Waals surface area contributed by atoms with Gasteiger partial charge in [0.15, 0.2) is 0 Å². The lowest BCUT2D eigenvalue weighted by atomic mass is 10.1. The molecular formula is C27H28FNO3. The van der Waals surface area contributed by atoms with Crippen molar-refractivity contribution in [3.63, 3.8) is 0 Å². The third kappa shape index (κ3) is 4.77. The van der Waals surface area contributed by atoms with E-state index in [9.17, 15) is 9.18 Å². The van der Waals surface area contributed by atoms with E-state index < -0.39 is 0 Å². The minimum atomic E-state index is -0.238. The van der Waals surface area contributed by atoms with Crippen molar-refractivity contribution < 1.29 is 18.7 Å². The van der Waals surface area contributed by atoms with E-state index in [1.165, 1.54) is 6.07 Å². The van der Waals surface area contributed by atoms with Gasteiger partial charge in [-0.3, -0.25) is 4.79 Å². The van der Waals surface area contributed by atoms with Crippen LogP contribution in [0.1, 0.15) is 35.6 Å². The summed E-state index contributed by atoms with van der Waals surface area (Å²) in [6, 6.07) is 18.6. The minimum absolute atomic E-state index is 0.0411. The maximum absolute atomic E-state index is 14.3. The molecule has 0 radical (unpaired) electrons. The Bertz CT molecular complexity index is 1110. The zero-order chi connectivity index (χ0) is 22.5. The van der Waals surface area contributed by atoms with E-state index >= 15 is 0 Å². The van der Waals surface area contributed by atoms with E-state index in [1.807, 2.05) is 54.3 Å².